The molecule has 3 aromatic rings. The van der Waals surface area contributed by atoms with Gasteiger partial charge in [-0.3, -0.25) is 9.10 Å². The predicted octanol–water partition coefficient (Wildman–Crippen LogP) is 5.03. The summed E-state index contributed by atoms with van der Waals surface area (Å²) in [6.07, 6.45) is 1.61. The maximum atomic E-state index is 13.5. The third-order valence-corrected chi connectivity index (χ3v) is 7.29. The number of hydrogen-bond donors (Lipinski definition) is 1. The number of benzene rings is 3. The number of nitrogens with one attached hydrogen (secondary N) is 1. The van der Waals surface area contributed by atoms with Crippen LogP contribution in [0.2, 0.25) is 0 Å². The predicted molar refractivity (Wildman–Crippen MR) is 140 cm³/mol. The second-order valence-electron chi connectivity index (χ2n) is 8.88. The largest absolute Gasteiger partial charge is 0.491 e. The third kappa shape index (κ3) is 7.33. The van der Waals surface area contributed by atoms with Crippen LogP contribution in [0, 0.1) is 13.8 Å². The SMILES string of the molecule is Cc1ccc(S(=O)(=O)N(CC(=O)NCCCc2cccc(OC(C)C)c2)c2ccccc2C)cc1. The van der Waals surface area contributed by atoms with Crippen molar-refractivity contribution in [2.45, 2.75) is 51.5 Å². The molecule has 0 aromatic heterocycles. The molecule has 0 aliphatic heterocycles. The minimum absolute atomic E-state index is 0.108. The third-order valence-electron chi connectivity index (χ3n) is 5.51. The molecular weight excluding hydrogens is 460 g/mol. The minimum atomic E-state index is -3.92. The molecule has 0 unspecified atom stereocenters. The van der Waals surface area contributed by atoms with E-state index >= 15 is 0 Å². The van der Waals surface area contributed by atoms with Gasteiger partial charge in [0.2, 0.25) is 5.91 Å². The van der Waals surface area contributed by atoms with Gasteiger partial charge in [-0.15, -0.1) is 0 Å². The van der Waals surface area contributed by atoms with E-state index in [0.717, 1.165) is 35.3 Å². The highest BCUT2D eigenvalue weighted by Gasteiger charge is 2.28. The molecule has 0 bridgehead atoms. The first kappa shape index (κ1) is 26.3. The van der Waals surface area contributed by atoms with Crippen LogP contribution in [0.4, 0.5) is 5.69 Å². The lowest BCUT2D eigenvalue weighted by molar-refractivity contribution is -0.119. The molecule has 3 aromatic carbocycles. The number of aryl methyl sites for hydroxylation is 3. The summed E-state index contributed by atoms with van der Waals surface area (Å²) in [5, 5.41) is 2.88. The average molecular weight is 495 g/mol. The summed E-state index contributed by atoms with van der Waals surface area (Å²) in [5.74, 6) is 0.484. The van der Waals surface area contributed by atoms with Crippen LogP contribution in [0.15, 0.2) is 77.7 Å². The Morgan fingerprint density at radius 3 is 2.37 bits per heavy atom. The lowest BCUT2D eigenvalue weighted by Gasteiger charge is -2.25. The molecule has 1 N–H and O–H groups in total. The molecule has 0 fully saturated rings. The Morgan fingerprint density at radius 2 is 1.69 bits per heavy atom. The summed E-state index contributed by atoms with van der Waals surface area (Å²) in [7, 11) is -3.92. The lowest BCUT2D eigenvalue weighted by atomic mass is 10.1. The molecule has 35 heavy (non-hydrogen) atoms. The molecule has 0 aliphatic carbocycles. The maximum Gasteiger partial charge on any atom is 0.264 e. The average Bonchev–Trinajstić information content (AvgIpc) is 2.81. The molecule has 186 valence electrons. The molecule has 0 heterocycles. The number of nitrogens with zero attached hydrogens (tertiary/aromatic N) is 1. The fourth-order valence-electron chi connectivity index (χ4n) is 3.73. The van der Waals surface area contributed by atoms with E-state index in [9.17, 15) is 13.2 Å². The van der Waals surface area contributed by atoms with Crippen molar-refractivity contribution in [1.82, 2.24) is 5.32 Å². The van der Waals surface area contributed by atoms with Gasteiger partial charge in [0.05, 0.1) is 16.7 Å². The van der Waals surface area contributed by atoms with E-state index in [-0.39, 0.29) is 23.5 Å². The van der Waals surface area contributed by atoms with Crippen molar-refractivity contribution in [2.24, 2.45) is 0 Å². The summed E-state index contributed by atoms with van der Waals surface area (Å²) in [6.45, 7) is 7.86. The van der Waals surface area contributed by atoms with Crippen LogP contribution < -0.4 is 14.4 Å². The van der Waals surface area contributed by atoms with Gasteiger partial charge in [-0.25, -0.2) is 8.42 Å². The van der Waals surface area contributed by atoms with Gasteiger partial charge in [0.1, 0.15) is 12.3 Å². The zero-order valence-electron chi connectivity index (χ0n) is 20.8. The summed E-state index contributed by atoms with van der Waals surface area (Å²) in [5.41, 5.74) is 3.36. The van der Waals surface area contributed by atoms with Gasteiger partial charge >= 0.3 is 0 Å². The van der Waals surface area contributed by atoms with E-state index in [0.29, 0.717) is 12.2 Å². The van der Waals surface area contributed by atoms with Crippen molar-refractivity contribution in [3.05, 3.63) is 89.5 Å². The highest BCUT2D eigenvalue weighted by molar-refractivity contribution is 7.92. The Bertz CT molecular complexity index is 1240. The van der Waals surface area contributed by atoms with Gasteiger partial charge in [0.15, 0.2) is 0 Å². The summed E-state index contributed by atoms with van der Waals surface area (Å²) < 4.78 is 33.9. The van der Waals surface area contributed by atoms with Gasteiger partial charge in [-0.2, -0.15) is 0 Å². The molecular formula is C28H34N2O4S. The zero-order chi connectivity index (χ0) is 25.4. The number of sulfonamides is 1. The molecule has 0 saturated carbocycles. The Balaban J connectivity index is 1.66. The van der Waals surface area contributed by atoms with Crippen molar-refractivity contribution >= 4 is 21.6 Å². The number of carbonyl (C=O) groups is 1. The van der Waals surface area contributed by atoms with Crippen LogP contribution in [0.1, 0.15) is 37.0 Å². The highest BCUT2D eigenvalue weighted by atomic mass is 32.2. The van der Waals surface area contributed by atoms with E-state index in [1.165, 1.54) is 4.31 Å². The standard InChI is InChI=1S/C28H34N2O4S/c1-21(2)34-25-12-7-10-24(19-25)11-8-18-29-28(31)20-30(27-13-6-5-9-23(27)4)35(32,33)26-16-14-22(3)15-17-26/h5-7,9-10,12-17,19,21H,8,11,18,20H2,1-4H3,(H,29,31). The van der Waals surface area contributed by atoms with E-state index in [1.807, 2.05) is 64.1 Å². The Morgan fingerprint density at radius 1 is 0.971 bits per heavy atom. The van der Waals surface area contributed by atoms with Gasteiger partial charge in [0, 0.05) is 6.54 Å². The van der Waals surface area contributed by atoms with E-state index in [4.69, 9.17) is 4.74 Å². The molecule has 0 aliphatic rings. The van der Waals surface area contributed by atoms with Crippen LogP contribution in [0.3, 0.4) is 0 Å². The van der Waals surface area contributed by atoms with E-state index < -0.39 is 10.0 Å². The Labute approximate surface area is 209 Å². The van der Waals surface area contributed by atoms with Crippen LogP contribution in [0.25, 0.3) is 0 Å². The Hall–Kier alpha value is -3.32. The van der Waals surface area contributed by atoms with Gasteiger partial charge in [0.25, 0.3) is 10.0 Å². The second kappa shape index (κ2) is 11.9. The van der Waals surface area contributed by atoms with E-state index in [1.54, 1.807) is 36.4 Å². The number of para-hydroxylation sites is 1. The van der Waals surface area contributed by atoms with Crippen LogP contribution in [-0.2, 0) is 21.2 Å². The van der Waals surface area contributed by atoms with Crippen molar-refractivity contribution in [1.29, 1.82) is 0 Å². The van der Waals surface area contributed by atoms with Crippen molar-refractivity contribution in [3.63, 3.8) is 0 Å². The first-order chi connectivity index (χ1) is 16.7. The number of carbonyl (C=O) groups excluding carboxylic acids is 1. The zero-order valence-corrected chi connectivity index (χ0v) is 21.6. The van der Waals surface area contributed by atoms with Crippen molar-refractivity contribution < 1.29 is 17.9 Å². The molecule has 7 heteroatoms. The number of rotatable bonds is 11. The highest BCUT2D eigenvalue weighted by Crippen LogP contribution is 2.26. The Kier molecular flexibility index (Phi) is 8.93. The van der Waals surface area contributed by atoms with Crippen molar-refractivity contribution in [3.8, 4) is 5.75 Å². The first-order valence-corrected chi connectivity index (χ1v) is 13.3. The normalized spacial score (nSPS) is 11.3. The van der Waals surface area contributed by atoms with Gasteiger partial charge < -0.3 is 10.1 Å². The lowest BCUT2D eigenvalue weighted by Crippen LogP contribution is -2.41. The number of amides is 1. The number of hydrogen-bond acceptors (Lipinski definition) is 4. The van der Waals surface area contributed by atoms with Gasteiger partial charge in [-0.1, -0.05) is 48.0 Å². The smallest absolute Gasteiger partial charge is 0.264 e. The molecule has 0 saturated heterocycles. The second-order valence-corrected chi connectivity index (χ2v) is 10.7. The first-order valence-electron chi connectivity index (χ1n) is 11.8. The van der Waals surface area contributed by atoms with Crippen molar-refractivity contribution in [2.75, 3.05) is 17.4 Å². The molecule has 3 rings (SSSR count). The molecule has 1 amide bonds. The molecule has 6 nitrogen and oxygen atoms in total. The fraction of sp³-hybridized carbons (Fsp3) is 0.321. The maximum absolute atomic E-state index is 13.5. The summed E-state index contributed by atoms with van der Waals surface area (Å²) >= 11 is 0. The van der Waals surface area contributed by atoms with Crippen LogP contribution >= 0.6 is 0 Å². The molecule has 0 spiro atoms. The van der Waals surface area contributed by atoms with Crippen LogP contribution in [0.5, 0.6) is 5.75 Å². The topological polar surface area (TPSA) is 75.7 Å². The minimum Gasteiger partial charge on any atom is -0.491 e. The fourth-order valence-corrected chi connectivity index (χ4v) is 5.22. The van der Waals surface area contributed by atoms with Gasteiger partial charge in [-0.05, 0) is 82.0 Å². The number of ether oxygens (including phenoxy) is 1. The monoisotopic (exact) mass is 494 g/mol. The summed E-state index contributed by atoms with van der Waals surface area (Å²) in [4.78, 5) is 13.0. The number of anilines is 1. The summed E-state index contributed by atoms with van der Waals surface area (Å²) in [6, 6.07) is 21.8. The quantitative estimate of drug-likeness (QED) is 0.379. The van der Waals surface area contributed by atoms with Crippen LogP contribution in [-0.4, -0.2) is 33.5 Å². The molecule has 0 radical (unpaired) electrons. The molecule has 0 atom stereocenters. The van der Waals surface area contributed by atoms with E-state index in [2.05, 4.69) is 5.32 Å².